The van der Waals surface area contributed by atoms with E-state index < -0.39 is 26.5 Å². The number of carbonyl (C=O) groups is 2. The minimum atomic E-state index is -1.82. The first-order valence-corrected chi connectivity index (χ1v) is 27.7. The molecule has 0 heterocycles. The van der Waals surface area contributed by atoms with Gasteiger partial charge in [-0.3, -0.25) is 9.98 Å². The molecule has 344 valence electrons. The standard InChI is InChI=1S/C44H72N2O2P2.C2H2O4.3CH3.Cr/c1-11-13-19-35(20-14-12-2)37-27-33(3)43(47)39(29-37)31-45-41-23-15-16-24-42(41)46-32-40-30-38(28-34(4)44(40)48)36(21-17-25-49(5,6)7)22-18-26-50(8,9)10;3-1(4)2(5)6;;;;/h27-32,35-36,41-42H,11-26H2,1-10H3;(H,3,4)(H,5,6);3*1H3;/q;;3*-1;/p+2. The second kappa shape index (κ2) is 30.7. The van der Waals surface area contributed by atoms with Crippen molar-refractivity contribution in [2.75, 3.05) is 52.3 Å². The van der Waals surface area contributed by atoms with E-state index in [-0.39, 0.29) is 51.7 Å². The molecular weight excluding hydrogens is 826 g/mol. The van der Waals surface area contributed by atoms with Crippen LogP contribution in [0.25, 0.3) is 0 Å². The van der Waals surface area contributed by atoms with Crippen LogP contribution in [0.1, 0.15) is 149 Å². The van der Waals surface area contributed by atoms with Gasteiger partial charge in [0.25, 0.3) is 0 Å². The van der Waals surface area contributed by atoms with Crippen molar-refractivity contribution < 1.29 is 47.4 Å². The van der Waals surface area contributed by atoms with Gasteiger partial charge in [-0.1, -0.05) is 64.5 Å². The zero-order chi connectivity index (χ0) is 42.1. The number of nitrogens with zero attached hydrogens (tertiary/aromatic N) is 2. The number of hydrogen-bond donors (Lipinski definition) is 4. The number of rotatable bonds is 20. The van der Waals surface area contributed by atoms with Gasteiger partial charge in [-0.2, -0.15) is 0 Å². The first kappa shape index (κ1) is 62.0. The Bertz CT molecular complexity index is 1560. The van der Waals surface area contributed by atoms with Crippen molar-refractivity contribution in [2.45, 2.75) is 142 Å². The fraction of sp³-hybridized carbons (Fsp3) is 0.612. The maximum atomic E-state index is 11.2. The molecule has 1 aliphatic carbocycles. The van der Waals surface area contributed by atoms with E-state index in [0.717, 1.165) is 47.9 Å². The molecule has 0 spiro atoms. The van der Waals surface area contributed by atoms with Gasteiger partial charge in [0, 0.05) is 95.4 Å². The summed E-state index contributed by atoms with van der Waals surface area (Å²) < 4.78 is 0. The molecule has 3 rings (SSSR count). The van der Waals surface area contributed by atoms with Crippen LogP contribution >= 0.6 is 14.5 Å². The van der Waals surface area contributed by atoms with Crippen molar-refractivity contribution in [2.24, 2.45) is 9.98 Å². The minimum absolute atomic E-state index is 0. The molecule has 11 heteroatoms. The van der Waals surface area contributed by atoms with Crippen LogP contribution in [-0.2, 0) is 27.0 Å². The summed E-state index contributed by atoms with van der Waals surface area (Å²) in [5, 5.41) is 37.1. The maximum absolute atomic E-state index is 11.2. The molecule has 0 aromatic heterocycles. The van der Waals surface area contributed by atoms with Gasteiger partial charge in [0.15, 0.2) is 0 Å². The van der Waals surface area contributed by atoms with Gasteiger partial charge in [0.05, 0.1) is 24.4 Å². The van der Waals surface area contributed by atoms with E-state index >= 15 is 0 Å². The summed E-state index contributed by atoms with van der Waals surface area (Å²) in [5.74, 6) is -1.91. The number of aliphatic carboxylic acids is 2. The van der Waals surface area contributed by atoms with Gasteiger partial charge in [0.1, 0.15) is 11.5 Å². The van der Waals surface area contributed by atoms with Gasteiger partial charge in [-0.25, -0.2) is 9.59 Å². The third-order valence-corrected chi connectivity index (χ3v) is 14.2. The van der Waals surface area contributed by atoms with Crippen molar-refractivity contribution in [1.82, 2.24) is 0 Å². The fourth-order valence-electron chi connectivity index (χ4n) is 7.61. The molecule has 2 aromatic rings. The monoisotopic (exact) mass is 912 g/mol. The summed E-state index contributed by atoms with van der Waals surface area (Å²) >= 11 is 0. The van der Waals surface area contributed by atoms with Crippen LogP contribution in [0.4, 0.5) is 0 Å². The second-order valence-electron chi connectivity index (χ2n) is 18.1. The Morgan fingerprint density at radius 1 is 0.633 bits per heavy atom. The van der Waals surface area contributed by atoms with E-state index in [4.69, 9.17) is 29.8 Å². The van der Waals surface area contributed by atoms with E-state index in [2.05, 4.69) is 78.1 Å². The number of aromatic hydroxyl groups is 2. The van der Waals surface area contributed by atoms with Crippen molar-refractivity contribution in [3.8, 4) is 11.5 Å². The fourth-order valence-corrected chi connectivity index (χ4v) is 9.87. The Labute approximate surface area is 379 Å². The third-order valence-electron chi connectivity index (χ3n) is 10.9. The number of phenolic OH excluding ortho intramolecular Hbond substituents is 2. The molecule has 1 aliphatic rings. The third kappa shape index (κ3) is 23.2. The van der Waals surface area contributed by atoms with Crippen LogP contribution in [0.15, 0.2) is 34.3 Å². The Morgan fingerprint density at radius 3 is 1.23 bits per heavy atom. The van der Waals surface area contributed by atoms with Gasteiger partial charge < -0.3 is 42.7 Å². The van der Waals surface area contributed by atoms with E-state index in [1.54, 1.807) is 0 Å². The zero-order valence-corrected chi connectivity index (χ0v) is 43.0. The zero-order valence-electron chi connectivity index (χ0n) is 39.9. The number of aryl methyl sites for hydroxylation is 2. The van der Waals surface area contributed by atoms with Crippen LogP contribution in [0.5, 0.6) is 11.5 Å². The molecule has 2 aromatic carbocycles. The van der Waals surface area contributed by atoms with E-state index in [9.17, 15) is 10.2 Å². The SMILES string of the molecule is CCCCC(CCCC)c1cc(C)c(O)c(C=NC2CCCCC2N=Cc2cc(C(CCC[P+](C)(C)C)CCC[P+](C)(C)C)cc(C)c2O)c1.O=C(O)C(=O)O.[CH3-].[CH3-].[CH3-].[Cr]. The quantitative estimate of drug-likeness (QED) is 0.0451. The van der Waals surface area contributed by atoms with E-state index in [1.807, 2.05) is 26.3 Å². The van der Waals surface area contributed by atoms with Gasteiger partial charge in [-0.05, 0) is 111 Å². The van der Waals surface area contributed by atoms with Crippen LogP contribution in [-0.4, -0.2) is 109 Å². The number of hydrogen-bond acceptors (Lipinski definition) is 6. The normalized spacial score (nSPS) is 15.4. The summed E-state index contributed by atoms with van der Waals surface area (Å²) in [5.41, 5.74) is 6.26. The second-order valence-corrected chi connectivity index (χ2v) is 28.2. The van der Waals surface area contributed by atoms with Crippen molar-refractivity contribution in [3.63, 3.8) is 0 Å². The molecule has 4 N–H and O–H groups in total. The predicted molar refractivity (Wildman–Crippen MR) is 264 cm³/mol. The Kier molecular flexibility index (Phi) is 31.7. The molecule has 0 radical (unpaired) electrons. The molecule has 2 unspecified atom stereocenters. The Balaban J connectivity index is -0.00000302. The van der Waals surface area contributed by atoms with Crippen LogP contribution < -0.4 is 0 Å². The largest absolute Gasteiger partial charge is 0.507 e. The summed E-state index contributed by atoms with van der Waals surface area (Å²) in [4.78, 5) is 28.4. The number of benzene rings is 2. The molecular formula is C49H85CrN2O6P2-. The van der Waals surface area contributed by atoms with Crippen LogP contribution in [0.3, 0.4) is 0 Å². The number of phenols is 2. The van der Waals surface area contributed by atoms with Crippen LogP contribution in [0, 0.1) is 36.1 Å². The Morgan fingerprint density at radius 2 is 0.950 bits per heavy atom. The first-order chi connectivity index (χ1) is 26.3. The summed E-state index contributed by atoms with van der Waals surface area (Å²) in [6.45, 7) is 23.3. The summed E-state index contributed by atoms with van der Waals surface area (Å²) in [6, 6.07) is 9.00. The van der Waals surface area contributed by atoms with Crippen molar-refractivity contribution >= 4 is 38.9 Å². The number of unbranched alkanes of at least 4 members (excludes halogenated alkanes) is 2. The summed E-state index contributed by atoms with van der Waals surface area (Å²) in [6.07, 6.45) is 23.0. The molecule has 60 heavy (non-hydrogen) atoms. The average molecular weight is 912 g/mol. The molecule has 2 atom stereocenters. The van der Waals surface area contributed by atoms with E-state index in [0.29, 0.717) is 23.3 Å². The van der Waals surface area contributed by atoms with Crippen molar-refractivity contribution in [1.29, 1.82) is 0 Å². The molecule has 0 aliphatic heterocycles. The molecule has 0 saturated heterocycles. The topological polar surface area (TPSA) is 140 Å². The number of carboxylic acids is 2. The van der Waals surface area contributed by atoms with Crippen LogP contribution in [0.2, 0.25) is 0 Å². The van der Waals surface area contributed by atoms with Gasteiger partial charge >= 0.3 is 11.9 Å². The van der Waals surface area contributed by atoms with Crippen molar-refractivity contribution in [3.05, 3.63) is 79.9 Å². The van der Waals surface area contributed by atoms with E-state index in [1.165, 1.54) is 87.7 Å². The number of aliphatic imine (C=N–C) groups is 2. The maximum Gasteiger partial charge on any atom is 0.414 e. The summed E-state index contributed by atoms with van der Waals surface area (Å²) in [7, 11) is -1.61. The molecule has 0 amide bonds. The molecule has 8 nitrogen and oxygen atoms in total. The van der Waals surface area contributed by atoms with Gasteiger partial charge in [0.2, 0.25) is 0 Å². The molecule has 0 bridgehead atoms. The predicted octanol–water partition coefficient (Wildman–Crippen LogP) is 13.0. The molecule has 1 saturated carbocycles. The van der Waals surface area contributed by atoms with Gasteiger partial charge in [-0.15, -0.1) is 0 Å². The Hall–Kier alpha value is -2.29. The molecule has 1 fully saturated rings. The average Bonchev–Trinajstić information content (AvgIpc) is 3.11. The number of carboxylic acid groups (broad SMARTS) is 2. The smallest absolute Gasteiger partial charge is 0.414 e. The minimum Gasteiger partial charge on any atom is -0.507 e. The first-order valence-electron chi connectivity index (χ1n) is 21.1.